The zero-order valence-corrected chi connectivity index (χ0v) is 19.5. The second-order valence-corrected chi connectivity index (χ2v) is 9.30. The summed E-state index contributed by atoms with van der Waals surface area (Å²) >= 11 is 0. The number of ether oxygens (including phenoxy) is 3. The molecule has 32 heavy (non-hydrogen) atoms. The normalized spacial score (nSPS) is 23.0. The van der Waals surface area contributed by atoms with Gasteiger partial charge < -0.3 is 24.2 Å². The van der Waals surface area contributed by atoms with Crippen molar-refractivity contribution in [1.82, 2.24) is 10.2 Å². The average molecular weight is 443 g/mol. The molecule has 2 heterocycles. The summed E-state index contributed by atoms with van der Waals surface area (Å²) in [6.07, 6.45) is 8.53. The van der Waals surface area contributed by atoms with Crippen LogP contribution in [0.2, 0.25) is 0 Å². The minimum atomic E-state index is -0.600. The van der Waals surface area contributed by atoms with Gasteiger partial charge in [0.15, 0.2) is 0 Å². The molecule has 6 nitrogen and oxygen atoms in total. The fraction of sp³-hybridized carbons (Fsp3) is 0.615. The molecule has 3 unspecified atom stereocenters. The van der Waals surface area contributed by atoms with Crippen LogP contribution in [0, 0.1) is 13.8 Å². The van der Waals surface area contributed by atoms with Gasteiger partial charge in [-0.3, -0.25) is 5.32 Å². The van der Waals surface area contributed by atoms with Crippen molar-refractivity contribution < 1.29 is 19.3 Å². The maximum absolute atomic E-state index is 10.7. The summed E-state index contributed by atoms with van der Waals surface area (Å²) in [5.41, 5.74) is 3.65. The molecule has 1 aliphatic carbocycles. The van der Waals surface area contributed by atoms with Gasteiger partial charge in [0.1, 0.15) is 30.4 Å². The monoisotopic (exact) mass is 442 g/mol. The number of likely N-dealkylation sites (tertiary alicyclic amines) is 1. The lowest BCUT2D eigenvalue weighted by Crippen LogP contribution is -2.46. The summed E-state index contributed by atoms with van der Waals surface area (Å²) in [5, 5.41) is 14.2. The second-order valence-electron chi connectivity index (χ2n) is 9.30. The number of nitrogens with one attached hydrogen (secondary N) is 1. The highest BCUT2D eigenvalue weighted by atomic mass is 16.6. The molecule has 0 radical (unpaired) electrons. The smallest absolute Gasteiger partial charge is 0.125 e. The zero-order chi connectivity index (χ0) is 22.3. The van der Waals surface area contributed by atoms with Crippen LogP contribution in [0.3, 0.4) is 0 Å². The van der Waals surface area contributed by atoms with Crippen molar-refractivity contribution >= 4 is 0 Å². The van der Waals surface area contributed by atoms with Crippen LogP contribution in [0.25, 0.3) is 0 Å². The second kappa shape index (κ2) is 11.3. The lowest BCUT2D eigenvalue weighted by Gasteiger charge is -2.32. The first-order chi connectivity index (χ1) is 15.6. The Labute approximate surface area is 192 Å². The van der Waals surface area contributed by atoms with E-state index in [1.807, 2.05) is 6.92 Å². The van der Waals surface area contributed by atoms with Crippen molar-refractivity contribution in [1.29, 1.82) is 0 Å². The number of rotatable bonds is 10. The van der Waals surface area contributed by atoms with Crippen LogP contribution in [-0.4, -0.2) is 67.8 Å². The molecule has 3 atom stereocenters. The molecule has 4 rings (SSSR count). The van der Waals surface area contributed by atoms with E-state index >= 15 is 0 Å². The number of aliphatic hydroxyl groups is 1. The summed E-state index contributed by atoms with van der Waals surface area (Å²) in [6, 6.07) is 6.41. The standard InChI is InChI=1S/C26H38N2O4/c1-19-5-6-20(2)24(15-19)30-12-9-26(29)27-22(18-28-10-3-4-11-28)16-21-7-8-23-25(17-21)32-14-13-31-23/h5-8,15,22,25-27,29H,3-4,9-14,16-18H2,1-2H3. The Morgan fingerprint density at radius 2 is 2.03 bits per heavy atom. The Bertz CT molecular complexity index is 816. The van der Waals surface area contributed by atoms with Gasteiger partial charge in [-0.15, -0.1) is 0 Å². The van der Waals surface area contributed by atoms with Crippen molar-refractivity contribution in [2.45, 2.75) is 64.3 Å². The number of nitrogens with zero attached hydrogens (tertiary/aromatic N) is 1. The molecule has 2 N–H and O–H groups in total. The van der Waals surface area contributed by atoms with Gasteiger partial charge in [0.2, 0.25) is 0 Å². The van der Waals surface area contributed by atoms with Crippen LogP contribution in [0.4, 0.5) is 0 Å². The Kier molecular flexibility index (Phi) is 8.25. The van der Waals surface area contributed by atoms with Crippen LogP contribution in [0.1, 0.15) is 43.2 Å². The molecular weight excluding hydrogens is 404 g/mol. The summed E-state index contributed by atoms with van der Waals surface area (Å²) in [5.74, 6) is 1.85. The van der Waals surface area contributed by atoms with Crippen molar-refractivity contribution in [2.75, 3.05) is 39.5 Å². The minimum absolute atomic E-state index is 0.0482. The predicted molar refractivity (Wildman–Crippen MR) is 126 cm³/mol. The number of hydrogen-bond acceptors (Lipinski definition) is 6. The molecule has 2 fully saturated rings. The van der Waals surface area contributed by atoms with Crippen LogP contribution >= 0.6 is 0 Å². The fourth-order valence-corrected chi connectivity index (χ4v) is 4.77. The van der Waals surface area contributed by atoms with Crippen molar-refractivity contribution in [3.8, 4) is 5.75 Å². The van der Waals surface area contributed by atoms with E-state index in [2.05, 4.69) is 47.5 Å². The summed E-state index contributed by atoms with van der Waals surface area (Å²) < 4.78 is 17.6. The number of hydrogen-bond donors (Lipinski definition) is 2. The third-order valence-electron chi connectivity index (χ3n) is 6.53. The molecule has 3 aliphatic rings. The van der Waals surface area contributed by atoms with Gasteiger partial charge in [-0.1, -0.05) is 23.8 Å². The SMILES string of the molecule is Cc1ccc(C)c(OCCC(O)NC(CC2=CC=C3OCCOC3C2)CN2CCCC2)c1. The van der Waals surface area contributed by atoms with E-state index in [-0.39, 0.29) is 12.1 Å². The minimum Gasteiger partial charge on any atom is -0.493 e. The van der Waals surface area contributed by atoms with Crippen molar-refractivity contribution in [2.24, 2.45) is 0 Å². The molecule has 0 aromatic heterocycles. The third kappa shape index (κ3) is 6.58. The Balaban J connectivity index is 1.31. The molecule has 0 saturated carbocycles. The number of aliphatic hydroxyl groups excluding tert-OH is 1. The summed E-state index contributed by atoms with van der Waals surface area (Å²) in [7, 11) is 0. The highest BCUT2D eigenvalue weighted by molar-refractivity contribution is 5.35. The van der Waals surface area contributed by atoms with E-state index < -0.39 is 6.23 Å². The first-order valence-corrected chi connectivity index (χ1v) is 12.1. The Morgan fingerprint density at radius 1 is 1.19 bits per heavy atom. The third-order valence-corrected chi connectivity index (χ3v) is 6.53. The maximum atomic E-state index is 10.7. The van der Waals surface area contributed by atoms with Gasteiger partial charge in [-0.2, -0.15) is 0 Å². The molecule has 0 amide bonds. The molecule has 0 spiro atoms. The van der Waals surface area contributed by atoms with E-state index in [1.165, 1.54) is 24.0 Å². The zero-order valence-electron chi connectivity index (χ0n) is 19.5. The van der Waals surface area contributed by atoms with Gasteiger partial charge in [0.25, 0.3) is 0 Å². The van der Waals surface area contributed by atoms with Crippen LogP contribution in [-0.2, 0) is 9.47 Å². The molecule has 2 saturated heterocycles. The van der Waals surface area contributed by atoms with E-state index in [0.29, 0.717) is 26.2 Å². The highest BCUT2D eigenvalue weighted by Crippen LogP contribution is 2.28. The predicted octanol–water partition coefficient (Wildman–Crippen LogP) is 3.46. The Morgan fingerprint density at radius 3 is 2.88 bits per heavy atom. The summed E-state index contributed by atoms with van der Waals surface area (Å²) in [6.45, 7) is 9.13. The van der Waals surface area contributed by atoms with E-state index in [0.717, 1.165) is 49.5 Å². The lowest BCUT2D eigenvalue weighted by molar-refractivity contribution is -0.0431. The first kappa shape index (κ1) is 23.3. The van der Waals surface area contributed by atoms with Gasteiger partial charge in [-0.25, -0.2) is 0 Å². The summed E-state index contributed by atoms with van der Waals surface area (Å²) in [4.78, 5) is 2.50. The first-order valence-electron chi connectivity index (χ1n) is 12.1. The molecular formula is C26H38N2O4. The van der Waals surface area contributed by atoms with Crippen LogP contribution in [0.5, 0.6) is 5.75 Å². The van der Waals surface area contributed by atoms with E-state index in [1.54, 1.807) is 0 Å². The molecule has 1 aromatic carbocycles. The van der Waals surface area contributed by atoms with Gasteiger partial charge >= 0.3 is 0 Å². The number of fused-ring (bicyclic) bond motifs is 1. The molecule has 176 valence electrons. The highest BCUT2D eigenvalue weighted by Gasteiger charge is 2.27. The maximum Gasteiger partial charge on any atom is 0.125 e. The quantitative estimate of drug-likeness (QED) is 0.541. The van der Waals surface area contributed by atoms with Crippen LogP contribution in [0.15, 0.2) is 41.7 Å². The van der Waals surface area contributed by atoms with Gasteiger partial charge in [0.05, 0.1) is 13.2 Å². The molecule has 1 aromatic rings. The van der Waals surface area contributed by atoms with Crippen LogP contribution < -0.4 is 10.1 Å². The Hall–Kier alpha value is -1.86. The fourth-order valence-electron chi connectivity index (χ4n) is 4.77. The van der Waals surface area contributed by atoms with Crippen molar-refractivity contribution in [3.63, 3.8) is 0 Å². The van der Waals surface area contributed by atoms with Gasteiger partial charge in [-0.05, 0) is 69.5 Å². The number of aryl methyl sites for hydroxylation is 2. The molecule has 0 bridgehead atoms. The lowest BCUT2D eigenvalue weighted by atomic mass is 9.94. The average Bonchev–Trinajstić information content (AvgIpc) is 3.29. The number of benzene rings is 1. The van der Waals surface area contributed by atoms with E-state index in [9.17, 15) is 5.11 Å². The number of allylic oxidation sites excluding steroid dienone is 2. The topological polar surface area (TPSA) is 63.2 Å². The molecule has 2 aliphatic heterocycles. The van der Waals surface area contributed by atoms with Gasteiger partial charge in [0, 0.05) is 25.4 Å². The largest absolute Gasteiger partial charge is 0.493 e. The molecule has 6 heteroatoms. The van der Waals surface area contributed by atoms with E-state index in [4.69, 9.17) is 14.2 Å². The van der Waals surface area contributed by atoms with Crippen molar-refractivity contribution in [3.05, 3.63) is 52.8 Å².